The molecule has 0 saturated carbocycles. The molecule has 0 saturated heterocycles. The van der Waals surface area contributed by atoms with E-state index in [4.69, 9.17) is 8.83 Å². The minimum absolute atomic E-state index is 0.873. The summed E-state index contributed by atoms with van der Waals surface area (Å²) in [6.07, 6.45) is 0. The van der Waals surface area contributed by atoms with Crippen LogP contribution in [-0.4, -0.2) is 9.13 Å². The van der Waals surface area contributed by atoms with Gasteiger partial charge in [-0.1, -0.05) is 255 Å². The summed E-state index contributed by atoms with van der Waals surface area (Å²) in [5.74, 6) is 0. The Hall–Kier alpha value is -17.2. The Balaban J connectivity index is 0.532. The molecule has 0 radical (unpaired) electrons. The summed E-state index contributed by atoms with van der Waals surface area (Å²) in [6.45, 7) is 0. The molecule has 0 fully saturated rings. The first-order valence-corrected chi connectivity index (χ1v) is 43.6. The number of benzene rings is 20. The molecule has 0 aliphatic rings. The van der Waals surface area contributed by atoms with E-state index in [0.29, 0.717) is 0 Å². The standard InChI is InChI=1S/C120H80N6O2/c1-3-19-91(20-4-1)121(101-69-73-103(74-70-101)125-113-29-13-7-23-105(113)106-24-8-14-30-114(106)125)93-53-35-81(36-54-93)83-39-57-95(58-40-83)123(99-65-47-87(48-66-99)89-51-77-111-109-27-11-17-33-117(109)127-119(111)79-89)97-61-43-85(44-62-97)86-45-63-98(64-46-86)124(100-67-49-88(50-68-100)90-52-78-112-110-28-12-18-34-118(110)128-120(112)80-90)96-59-41-84(42-60-96)82-37-55-94(56-38-82)122(92-21-5-2-6-22-92)102-71-75-104(76-72-102)126-115-31-15-9-25-107(115)108-26-10-16-32-116(108)126/h1-80H. The smallest absolute Gasteiger partial charge is 0.136 e. The second-order valence-corrected chi connectivity index (χ2v) is 32.8. The topological polar surface area (TPSA) is 49.1 Å². The van der Waals surface area contributed by atoms with Gasteiger partial charge < -0.3 is 37.6 Å². The van der Waals surface area contributed by atoms with Gasteiger partial charge in [0, 0.05) is 123 Å². The van der Waals surface area contributed by atoms with Gasteiger partial charge in [0.25, 0.3) is 0 Å². The predicted octanol–water partition coefficient (Wildman–Crippen LogP) is 33.9. The third kappa shape index (κ3) is 13.4. The lowest BCUT2D eigenvalue weighted by molar-refractivity contribution is 0.668. The number of hydrogen-bond acceptors (Lipinski definition) is 6. The second kappa shape index (κ2) is 31.6. The van der Waals surface area contributed by atoms with Crippen LogP contribution in [0.1, 0.15) is 0 Å². The monoisotopic (exact) mass is 1640 g/mol. The fraction of sp³-hybridized carbons (Fsp3) is 0. The first-order chi connectivity index (χ1) is 63.4. The van der Waals surface area contributed by atoms with E-state index in [2.05, 4.69) is 490 Å². The number of furan rings is 2. The number of hydrogen-bond donors (Lipinski definition) is 0. The number of aromatic nitrogens is 2. The molecular formula is C120H80N6O2. The molecule has 8 nitrogen and oxygen atoms in total. The molecule has 602 valence electrons. The second-order valence-electron chi connectivity index (χ2n) is 32.8. The molecule has 0 aliphatic heterocycles. The summed E-state index contributed by atoms with van der Waals surface area (Å²) in [6, 6.07) is 175. The average molecular weight is 1640 g/mol. The van der Waals surface area contributed by atoms with Gasteiger partial charge in [-0.3, -0.25) is 0 Å². The Labute approximate surface area is 740 Å². The lowest BCUT2D eigenvalue weighted by Crippen LogP contribution is -2.10. The first kappa shape index (κ1) is 74.6. The average Bonchev–Trinajstić information content (AvgIpc) is 1.59. The fourth-order valence-electron chi connectivity index (χ4n) is 19.1. The zero-order valence-electron chi connectivity index (χ0n) is 69.7. The highest BCUT2D eigenvalue weighted by Gasteiger charge is 2.23. The van der Waals surface area contributed by atoms with Crippen molar-refractivity contribution in [1.82, 2.24) is 9.13 Å². The van der Waals surface area contributed by atoms with Crippen LogP contribution in [0.4, 0.5) is 68.2 Å². The molecule has 0 spiro atoms. The van der Waals surface area contributed by atoms with Gasteiger partial charge >= 0.3 is 0 Å². The summed E-state index contributed by atoms with van der Waals surface area (Å²) >= 11 is 0. The molecule has 0 atom stereocenters. The zero-order chi connectivity index (χ0) is 84.5. The van der Waals surface area contributed by atoms with Crippen LogP contribution in [0.5, 0.6) is 0 Å². The molecule has 0 unspecified atom stereocenters. The van der Waals surface area contributed by atoms with Crippen molar-refractivity contribution in [1.29, 1.82) is 0 Å². The molecule has 128 heavy (non-hydrogen) atoms. The molecular weight excluding hydrogens is 1560 g/mol. The van der Waals surface area contributed by atoms with Crippen LogP contribution < -0.4 is 19.6 Å². The van der Waals surface area contributed by atoms with E-state index in [1.807, 2.05) is 24.3 Å². The normalized spacial score (nSPS) is 11.6. The van der Waals surface area contributed by atoms with Crippen LogP contribution in [0.25, 0.3) is 154 Å². The summed E-state index contributed by atoms with van der Waals surface area (Å²) in [5, 5.41) is 9.45. The minimum atomic E-state index is 0.873. The van der Waals surface area contributed by atoms with Gasteiger partial charge in [0.2, 0.25) is 0 Å². The number of para-hydroxylation sites is 8. The fourth-order valence-corrected chi connectivity index (χ4v) is 19.1. The van der Waals surface area contributed by atoms with Gasteiger partial charge in [0.05, 0.1) is 22.1 Å². The molecule has 0 aliphatic carbocycles. The molecule has 4 heterocycles. The van der Waals surface area contributed by atoms with Gasteiger partial charge in [-0.2, -0.15) is 0 Å². The third-order valence-corrected chi connectivity index (χ3v) is 25.3. The minimum Gasteiger partial charge on any atom is -0.456 e. The molecule has 0 amide bonds. The SMILES string of the molecule is c1ccc(N(c2ccc(-c3ccc(N(c4ccc(-c5ccc(N(c6ccc(-c7ccc(N(c8ccccc8)c8ccc(-n9c%10ccccc%10c%10ccccc%109)cc8)cc7)cc6)c6ccc(-c7ccc8c(c7)oc7ccccc78)cc6)cc5)cc4)c4ccc(-c5ccc6c(c5)oc5ccccc56)cc4)cc3)cc2)c2ccc(-n3c4ccccc4c4ccccc43)cc2)cc1. The van der Waals surface area contributed by atoms with Crippen molar-refractivity contribution < 1.29 is 8.83 Å². The first-order valence-electron chi connectivity index (χ1n) is 43.6. The molecule has 24 aromatic rings. The summed E-state index contributed by atoms with van der Waals surface area (Å²) in [5.41, 5.74) is 34.2. The maximum atomic E-state index is 6.39. The van der Waals surface area contributed by atoms with Crippen LogP contribution in [0.3, 0.4) is 0 Å². The molecule has 0 bridgehead atoms. The van der Waals surface area contributed by atoms with E-state index < -0.39 is 0 Å². The largest absolute Gasteiger partial charge is 0.456 e. The Morgan fingerprint density at radius 1 is 0.133 bits per heavy atom. The number of fused-ring (bicyclic) bond motifs is 12. The number of anilines is 12. The van der Waals surface area contributed by atoms with E-state index in [1.54, 1.807) is 0 Å². The summed E-state index contributed by atoms with van der Waals surface area (Å²) in [7, 11) is 0. The maximum absolute atomic E-state index is 6.39. The van der Waals surface area contributed by atoms with Crippen molar-refractivity contribution in [2.45, 2.75) is 0 Å². The van der Waals surface area contributed by atoms with E-state index in [0.717, 1.165) is 179 Å². The van der Waals surface area contributed by atoms with E-state index in [1.165, 1.54) is 43.6 Å². The Bertz CT molecular complexity index is 7630. The highest BCUT2D eigenvalue weighted by Crippen LogP contribution is 2.46. The van der Waals surface area contributed by atoms with E-state index >= 15 is 0 Å². The van der Waals surface area contributed by atoms with Crippen LogP contribution in [0.2, 0.25) is 0 Å². The highest BCUT2D eigenvalue weighted by molar-refractivity contribution is 6.12. The van der Waals surface area contributed by atoms with Gasteiger partial charge in [0.15, 0.2) is 0 Å². The summed E-state index contributed by atoms with van der Waals surface area (Å²) in [4.78, 5) is 9.37. The van der Waals surface area contributed by atoms with Crippen LogP contribution in [0.15, 0.2) is 494 Å². The van der Waals surface area contributed by atoms with Crippen molar-refractivity contribution in [2.75, 3.05) is 19.6 Å². The lowest BCUT2D eigenvalue weighted by atomic mass is 10.0. The Morgan fingerprint density at radius 2 is 0.312 bits per heavy atom. The molecule has 4 aromatic heterocycles. The predicted molar refractivity (Wildman–Crippen MR) is 536 cm³/mol. The highest BCUT2D eigenvalue weighted by atomic mass is 16.3. The van der Waals surface area contributed by atoms with Crippen molar-refractivity contribution in [2.24, 2.45) is 0 Å². The van der Waals surface area contributed by atoms with Crippen LogP contribution in [0, 0.1) is 0 Å². The van der Waals surface area contributed by atoms with E-state index in [-0.39, 0.29) is 0 Å². The van der Waals surface area contributed by atoms with Gasteiger partial charge in [-0.05, 0) is 286 Å². The van der Waals surface area contributed by atoms with Crippen LogP contribution >= 0.6 is 0 Å². The van der Waals surface area contributed by atoms with Crippen LogP contribution in [-0.2, 0) is 0 Å². The molecule has 0 N–H and O–H groups in total. The summed E-state index contributed by atoms with van der Waals surface area (Å²) < 4.78 is 17.5. The Kier molecular flexibility index (Phi) is 18.4. The number of nitrogens with zero attached hydrogens (tertiary/aromatic N) is 6. The zero-order valence-corrected chi connectivity index (χ0v) is 69.7. The van der Waals surface area contributed by atoms with E-state index in [9.17, 15) is 0 Å². The quantitative estimate of drug-likeness (QED) is 0.0804. The maximum Gasteiger partial charge on any atom is 0.136 e. The van der Waals surface area contributed by atoms with Crippen molar-refractivity contribution >= 4 is 156 Å². The van der Waals surface area contributed by atoms with Crippen molar-refractivity contribution in [3.05, 3.63) is 485 Å². The van der Waals surface area contributed by atoms with Gasteiger partial charge in [-0.15, -0.1) is 0 Å². The molecule has 24 rings (SSSR count). The Morgan fingerprint density at radius 3 is 0.562 bits per heavy atom. The molecule has 20 aromatic carbocycles. The van der Waals surface area contributed by atoms with Crippen molar-refractivity contribution in [3.63, 3.8) is 0 Å². The third-order valence-electron chi connectivity index (χ3n) is 25.3. The van der Waals surface area contributed by atoms with Crippen molar-refractivity contribution in [3.8, 4) is 67.0 Å². The van der Waals surface area contributed by atoms with Gasteiger partial charge in [-0.25, -0.2) is 0 Å². The number of rotatable bonds is 19. The van der Waals surface area contributed by atoms with Gasteiger partial charge in [0.1, 0.15) is 22.3 Å². The lowest BCUT2D eigenvalue weighted by Gasteiger charge is -2.27. The molecule has 8 heteroatoms.